The zero-order chi connectivity index (χ0) is 28.2. The van der Waals surface area contributed by atoms with Gasteiger partial charge in [0.25, 0.3) is 0 Å². The van der Waals surface area contributed by atoms with Gasteiger partial charge in [-0.25, -0.2) is 4.79 Å². The predicted octanol–water partition coefficient (Wildman–Crippen LogP) is 8.49. The second kappa shape index (κ2) is 15.4. The minimum Gasteiger partial charge on any atom is -0.460 e. The molecule has 0 saturated carbocycles. The Morgan fingerprint density at radius 2 is 1.64 bits per heavy atom. The van der Waals surface area contributed by atoms with Crippen molar-refractivity contribution in [3.05, 3.63) is 76.6 Å². The van der Waals surface area contributed by atoms with Crippen molar-refractivity contribution in [2.75, 3.05) is 19.6 Å². The number of esters is 1. The zero-order valence-electron chi connectivity index (χ0n) is 24.4. The van der Waals surface area contributed by atoms with E-state index in [2.05, 4.69) is 37.8 Å². The van der Waals surface area contributed by atoms with Crippen LogP contribution in [-0.2, 0) is 11.2 Å². The third kappa shape index (κ3) is 8.66. The van der Waals surface area contributed by atoms with Crippen LogP contribution in [0.4, 0.5) is 0 Å². The lowest BCUT2D eigenvalue weighted by Crippen LogP contribution is -2.26. The molecule has 0 atom stereocenters. The Balaban J connectivity index is 1.90. The lowest BCUT2D eigenvalue weighted by Gasteiger charge is -2.19. The van der Waals surface area contributed by atoms with Gasteiger partial charge in [-0.1, -0.05) is 70.4 Å². The van der Waals surface area contributed by atoms with Crippen molar-refractivity contribution in [3.8, 4) is 0 Å². The normalized spacial score (nSPS) is 11.8. The molecule has 5 nitrogen and oxygen atoms in total. The average Bonchev–Trinajstić information content (AvgIpc) is 3.29. The molecule has 0 bridgehead atoms. The molecule has 0 aliphatic heterocycles. The van der Waals surface area contributed by atoms with E-state index in [0.29, 0.717) is 39.8 Å². The first-order valence-electron chi connectivity index (χ1n) is 14.7. The number of nitrogens with zero attached hydrogens (tertiary/aromatic N) is 1. The van der Waals surface area contributed by atoms with E-state index < -0.39 is 5.97 Å². The van der Waals surface area contributed by atoms with Gasteiger partial charge < -0.3 is 9.15 Å². The van der Waals surface area contributed by atoms with Crippen LogP contribution in [0, 0.1) is 0 Å². The van der Waals surface area contributed by atoms with Crippen LogP contribution in [0.25, 0.3) is 17.0 Å². The molecule has 0 fully saturated rings. The van der Waals surface area contributed by atoms with E-state index in [1.165, 1.54) is 25.7 Å². The second-order valence-corrected chi connectivity index (χ2v) is 10.5. The monoisotopic (exact) mass is 531 g/mol. The Morgan fingerprint density at radius 1 is 0.923 bits per heavy atom. The highest BCUT2D eigenvalue weighted by atomic mass is 16.5. The third-order valence-electron chi connectivity index (χ3n) is 6.80. The number of hydrogen-bond acceptors (Lipinski definition) is 5. The maximum atomic E-state index is 13.9. The topological polar surface area (TPSA) is 59.8 Å². The number of hydrogen-bond donors (Lipinski definition) is 0. The number of furan rings is 1. The summed E-state index contributed by atoms with van der Waals surface area (Å²) in [4.78, 5) is 29.0. The molecular weight excluding hydrogens is 486 g/mol. The van der Waals surface area contributed by atoms with Crippen molar-refractivity contribution >= 4 is 28.8 Å². The summed E-state index contributed by atoms with van der Waals surface area (Å²) >= 11 is 0. The van der Waals surface area contributed by atoms with Crippen molar-refractivity contribution < 1.29 is 18.7 Å². The summed E-state index contributed by atoms with van der Waals surface area (Å²) < 4.78 is 11.5. The van der Waals surface area contributed by atoms with Crippen LogP contribution in [0.3, 0.4) is 0 Å². The molecule has 0 N–H and O–H groups in total. The zero-order valence-corrected chi connectivity index (χ0v) is 24.4. The molecule has 3 aromatic rings. The fraction of sp³-hybridized carbons (Fsp3) is 0.471. The Kier molecular flexibility index (Phi) is 12.0. The Labute approximate surface area is 234 Å². The third-order valence-corrected chi connectivity index (χ3v) is 6.80. The molecule has 2 aromatic carbocycles. The van der Waals surface area contributed by atoms with Crippen molar-refractivity contribution in [2.45, 2.75) is 85.7 Å². The minimum absolute atomic E-state index is 0.0861. The van der Waals surface area contributed by atoms with Crippen molar-refractivity contribution in [1.82, 2.24) is 4.90 Å². The van der Waals surface area contributed by atoms with E-state index in [0.717, 1.165) is 38.0 Å². The minimum atomic E-state index is -0.402. The number of fused-ring (bicyclic) bond motifs is 1. The molecule has 5 heteroatoms. The molecule has 0 unspecified atom stereocenters. The molecule has 39 heavy (non-hydrogen) atoms. The van der Waals surface area contributed by atoms with Gasteiger partial charge in [-0.05, 0) is 76.0 Å². The average molecular weight is 532 g/mol. The van der Waals surface area contributed by atoms with E-state index >= 15 is 0 Å². The molecular formula is C34H45NO4. The van der Waals surface area contributed by atoms with Crippen LogP contribution < -0.4 is 0 Å². The van der Waals surface area contributed by atoms with Gasteiger partial charge in [0, 0.05) is 23.9 Å². The fourth-order valence-corrected chi connectivity index (χ4v) is 4.64. The van der Waals surface area contributed by atoms with Gasteiger partial charge >= 0.3 is 5.97 Å². The lowest BCUT2D eigenvalue weighted by molar-refractivity contribution is 0.0378. The van der Waals surface area contributed by atoms with Gasteiger partial charge in [0.15, 0.2) is 5.78 Å². The number of ketones is 1. The molecule has 0 aliphatic rings. The van der Waals surface area contributed by atoms with Crippen LogP contribution >= 0.6 is 0 Å². The number of unbranched alkanes of at least 4 members (excludes halogenated alkanes) is 3. The summed E-state index contributed by atoms with van der Waals surface area (Å²) in [6, 6.07) is 13.0. The quantitative estimate of drug-likeness (QED) is 0.137. The molecule has 3 rings (SSSR count). The van der Waals surface area contributed by atoms with Crippen molar-refractivity contribution in [3.63, 3.8) is 0 Å². The maximum absolute atomic E-state index is 13.9. The predicted molar refractivity (Wildman–Crippen MR) is 161 cm³/mol. The van der Waals surface area contributed by atoms with Crippen molar-refractivity contribution in [1.29, 1.82) is 0 Å². The molecule has 0 aliphatic carbocycles. The van der Waals surface area contributed by atoms with Crippen molar-refractivity contribution in [2.24, 2.45) is 0 Å². The van der Waals surface area contributed by atoms with E-state index in [1.54, 1.807) is 18.2 Å². The summed E-state index contributed by atoms with van der Waals surface area (Å²) in [6.45, 7) is 13.3. The van der Waals surface area contributed by atoms with E-state index in [1.807, 2.05) is 38.1 Å². The Morgan fingerprint density at radius 3 is 2.31 bits per heavy atom. The highest BCUT2D eigenvalue weighted by Gasteiger charge is 2.23. The first-order chi connectivity index (χ1) is 18.9. The van der Waals surface area contributed by atoms with Crippen LogP contribution in [0.2, 0.25) is 0 Å². The van der Waals surface area contributed by atoms with Gasteiger partial charge in [0.05, 0.1) is 17.2 Å². The fourth-order valence-electron chi connectivity index (χ4n) is 4.64. The lowest BCUT2D eigenvalue weighted by atomic mass is 9.96. The molecule has 210 valence electrons. The second-order valence-electron chi connectivity index (χ2n) is 10.5. The number of rotatable bonds is 16. The highest BCUT2D eigenvalue weighted by molar-refractivity contribution is 6.17. The van der Waals surface area contributed by atoms with Gasteiger partial charge in [-0.2, -0.15) is 0 Å². The SMILES string of the molecule is CCCCc1oc2ccc(C(=O)OC(C)C)cc2c1C(=O)c1cccc(/C=C\CN(CCCC)CCCC)c1. The maximum Gasteiger partial charge on any atom is 0.338 e. The summed E-state index contributed by atoms with van der Waals surface area (Å²) in [5.41, 5.74) is 3.18. The summed E-state index contributed by atoms with van der Waals surface area (Å²) in [5, 5.41) is 0.660. The molecule has 1 aromatic heterocycles. The summed E-state index contributed by atoms with van der Waals surface area (Å²) in [6.07, 6.45) is 11.5. The van der Waals surface area contributed by atoms with E-state index in [4.69, 9.17) is 9.15 Å². The number of carbonyl (C=O) groups is 2. The van der Waals surface area contributed by atoms with Crippen LogP contribution in [0.1, 0.15) is 111 Å². The van der Waals surface area contributed by atoms with Crippen LogP contribution in [-0.4, -0.2) is 42.4 Å². The van der Waals surface area contributed by atoms with E-state index in [9.17, 15) is 9.59 Å². The number of carbonyl (C=O) groups excluding carboxylic acids is 2. The number of aryl methyl sites for hydroxylation is 1. The van der Waals surface area contributed by atoms with Crippen LogP contribution in [0.15, 0.2) is 53.0 Å². The molecule has 0 spiro atoms. The van der Waals surface area contributed by atoms with Gasteiger partial charge in [-0.3, -0.25) is 9.69 Å². The van der Waals surface area contributed by atoms with Gasteiger partial charge in [-0.15, -0.1) is 0 Å². The Bertz CT molecular complexity index is 1250. The molecule has 0 saturated heterocycles. The van der Waals surface area contributed by atoms with E-state index in [-0.39, 0.29) is 11.9 Å². The molecule has 0 amide bonds. The van der Waals surface area contributed by atoms with Gasteiger partial charge in [0.1, 0.15) is 11.3 Å². The molecule has 0 radical (unpaired) electrons. The first-order valence-corrected chi connectivity index (χ1v) is 14.7. The van der Waals surface area contributed by atoms with Crippen LogP contribution in [0.5, 0.6) is 0 Å². The summed E-state index contributed by atoms with van der Waals surface area (Å²) in [7, 11) is 0. The highest BCUT2D eigenvalue weighted by Crippen LogP contribution is 2.31. The number of ether oxygens (including phenoxy) is 1. The van der Waals surface area contributed by atoms with Gasteiger partial charge in [0.2, 0.25) is 0 Å². The molecule has 1 heterocycles. The smallest absolute Gasteiger partial charge is 0.338 e. The standard InChI is InChI=1S/C34H45NO4/c1-6-9-17-31-32(29-24-28(18-19-30(29)39-31)34(37)38-25(4)5)33(36)27-16-12-14-26(23-27)15-13-22-35(20-10-7-2)21-11-8-3/h12-16,18-19,23-25H,6-11,17,20-22H2,1-5H3/b15-13-. The summed E-state index contributed by atoms with van der Waals surface area (Å²) in [5.74, 6) is 0.187. The Hall–Kier alpha value is -3.18. The largest absolute Gasteiger partial charge is 0.460 e. The number of benzene rings is 2. The first kappa shape index (κ1) is 30.4.